The third-order valence-electron chi connectivity index (χ3n) is 2.66. The van der Waals surface area contributed by atoms with Gasteiger partial charge in [-0.15, -0.1) is 0 Å². The van der Waals surface area contributed by atoms with E-state index in [1.165, 1.54) is 5.56 Å². The molecule has 4 heteroatoms. The molecule has 0 atom stereocenters. The molecule has 0 saturated carbocycles. The molecular formula is C14H20O4. The van der Waals surface area contributed by atoms with Crippen molar-refractivity contribution >= 4 is 5.97 Å². The lowest BCUT2D eigenvalue weighted by atomic mass is 10.0. The van der Waals surface area contributed by atoms with Crippen LogP contribution >= 0.6 is 0 Å². The van der Waals surface area contributed by atoms with Crippen molar-refractivity contribution in [2.24, 2.45) is 0 Å². The molecule has 0 bridgehead atoms. The number of hydrogen-bond donors (Lipinski definition) is 1. The number of hydrogen-bond acceptors (Lipinski definition) is 4. The van der Waals surface area contributed by atoms with Crippen molar-refractivity contribution in [1.82, 2.24) is 0 Å². The van der Waals surface area contributed by atoms with Crippen LogP contribution in [0.15, 0.2) is 18.2 Å². The molecule has 0 unspecified atom stereocenters. The molecule has 0 aliphatic heterocycles. The number of esters is 1. The van der Waals surface area contributed by atoms with Crippen LogP contribution in [0.25, 0.3) is 0 Å². The highest BCUT2D eigenvalue weighted by Crippen LogP contribution is 2.12. The van der Waals surface area contributed by atoms with Crippen molar-refractivity contribution in [2.45, 2.75) is 20.3 Å². The molecule has 1 aromatic rings. The number of aliphatic hydroxyl groups is 1. The van der Waals surface area contributed by atoms with E-state index in [-0.39, 0.29) is 25.8 Å². The molecule has 1 aromatic carbocycles. The molecule has 0 aromatic heterocycles. The fourth-order valence-electron chi connectivity index (χ4n) is 1.66. The summed E-state index contributed by atoms with van der Waals surface area (Å²) in [4.78, 5) is 11.7. The van der Waals surface area contributed by atoms with Gasteiger partial charge in [0.15, 0.2) is 0 Å². The molecule has 0 radical (unpaired) electrons. The second-order valence-electron chi connectivity index (χ2n) is 3.97. The van der Waals surface area contributed by atoms with Crippen LogP contribution in [-0.4, -0.2) is 37.5 Å². The fourth-order valence-corrected chi connectivity index (χ4v) is 1.66. The molecule has 0 saturated heterocycles. The normalized spacial score (nSPS) is 10.4. The van der Waals surface area contributed by atoms with Gasteiger partial charge in [-0.1, -0.05) is 13.0 Å². The van der Waals surface area contributed by atoms with Gasteiger partial charge in [0.05, 0.1) is 25.4 Å². The molecule has 0 amide bonds. The summed E-state index contributed by atoms with van der Waals surface area (Å²) in [5, 5.41) is 8.50. The first kappa shape index (κ1) is 14.7. The first-order chi connectivity index (χ1) is 8.69. The van der Waals surface area contributed by atoms with Gasteiger partial charge in [0.2, 0.25) is 0 Å². The second-order valence-corrected chi connectivity index (χ2v) is 3.97. The van der Waals surface area contributed by atoms with Crippen molar-refractivity contribution in [2.75, 3.05) is 26.4 Å². The summed E-state index contributed by atoms with van der Waals surface area (Å²) in [5.41, 5.74) is 2.90. The number of ether oxygens (including phenoxy) is 2. The van der Waals surface area contributed by atoms with Crippen molar-refractivity contribution in [3.63, 3.8) is 0 Å². The van der Waals surface area contributed by atoms with Crippen LogP contribution in [-0.2, 0) is 15.9 Å². The van der Waals surface area contributed by atoms with Gasteiger partial charge >= 0.3 is 5.97 Å². The van der Waals surface area contributed by atoms with E-state index in [1.807, 2.05) is 19.1 Å². The predicted octanol–water partition coefficient (Wildman–Crippen LogP) is 1.72. The maximum atomic E-state index is 11.7. The van der Waals surface area contributed by atoms with E-state index in [2.05, 4.69) is 6.92 Å². The molecule has 0 aliphatic rings. The van der Waals surface area contributed by atoms with Gasteiger partial charge < -0.3 is 14.6 Å². The van der Waals surface area contributed by atoms with Crippen LogP contribution in [0.2, 0.25) is 0 Å². The lowest BCUT2D eigenvalue weighted by Crippen LogP contribution is -2.12. The first-order valence-electron chi connectivity index (χ1n) is 6.14. The van der Waals surface area contributed by atoms with Crippen molar-refractivity contribution < 1.29 is 19.4 Å². The van der Waals surface area contributed by atoms with Crippen molar-refractivity contribution in [3.05, 3.63) is 34.9 Å². The van der Waals surface area contributed by atoms with Gasteiger partial charge in [0, 0.05) is 0 Å². The Morgan fingerprint density at radius 2 is 2.06 bits per heavy atom. The maximum Gasteiger partial charge on any atom is 0.338 e. The zero-order chi connectivity index (χ0) is 13.4. The van der Waals surface area contributed by atoms with E-state index in [9.17, 15) is 4.79 Å². The summed E-state index contributed by atoms with van der Waals surface area (Å²) in [6.45, 7) is 4.82. The largest absolute Gasteiger partial charge is 0.460 e. The minimum atomic E-state index is -0.339. The minimum Gasteiger partial charge on any atom is -0.460 e. The van der Waals surface area contributed by atoms with E-state index >= 15 is 0 Å². The number of carbonyl (C=O) groups is 1. The van der Waals surface area contributed by atoms with Gasteiger partial charge in [-0.2, -0.15) is 0 Å². The van der Waals surface area contributed by atoms with Crippen LogP contribution in [0.4, 0.5) is 0 Å². The monoisotopic (exact) mass is 252 g/mol. The van der Waals surface area contributed by atoms with E-state index < -0.39 is 0 Å². The molecule has 0 spiro atoms. The molecule has 4 nitrogen and oxygen atoms in total. The zero-order valence-corrected chi connectivity index (χ0v) is 10.9. The van der Waals surface area contributed by atoms with E-state index in [4.69, 9.17) is 14.6 Å². The molecule has 18 heavy (non-hydrogen) atoms. The van der Waals surface area contributed by atoms with E-state index in [0.29, 0.717) is 12.2 Å². The highest BCUT2D eigenvalue weighted by atomic mass is 16.6. The summed E-state index contributed by atoms with van der Waals surface area (Å²) in [6.07, 6.45) is 0.955. The summed E-state index contributed by atoms with van der Waals surface area (Å²) >= 11 is 0. The lowest BCUT2D eigenvalue weighted by Gasteiger charge is -2.08. The maximum absolute atomic E-state index is 11.7. The Kier molecular flexibility index (Phi) is 6.39. The summed E-state index contributed by atoms with van der Waals surface area (Å²) in [7, 11) is 0. The minimum absolute atomic E-state index is 0.0222. The average molecular weight is 252 g/mol. The molecule has 100 valence electrons. The second kappa shape index (κ2) is 7.84. The Morgan fingerprint density at radius 1 is 1.28 bits per heavy atom. The molecule has 0 heterocycles. The van der Waals surface area contributed by atoms with Crippen LogP contribution in [0, 0.1) is 6.92 Å². The number of aliphatic hydroxyl groups excluding tert-OH is 1. The molecule has 1 N–H and O–H groups in total. The van der Waals surface area contributed by atoms with Crippen LogP contribution < -0.4 is 0 Å². The number of benzene rings is 1. The van der Waals surface area contributed by atoms with Crippen LogP contribution in [0.1, 0.15) is 28.4 Å². The van der Waals surface area contributed by atoms with Gasteiger partial charge in [-0.3, -0.25) is 0 Å². The molecule has 0 aliphatic carbocycles. The van der Waals surface area contributed by atoms with Gasteiger partial charge in [0.1, 0.15) is 6.61 Å². The van der Waals surface area contributed by atoms with Gasteiger partial charge in [-0.05, 0) is 36.6 Å². The van der Waals surface area contributed by atoms with E-state index in [1.54, 1.807) is 6.07 Å². The number of rotatable bonds is 7. The third kappa shape index (κ3) is 4.47. The Balaban J connectivity index is 2.44. The van der Waals surface area contributed by atoms with Crippen molar-refractivity contribution in [3.8, 4) is 0 Å². The lowest BCUT2D eigenvalue weighted by molar-refractivity contribution is 0.0258. The fraction of sp³-hybridized carbons (Fsp3) is 0.500. The summed E-state index contributed by atoms with van der Waals surface area (Å²) in [5.74, 6) is -0.339. The van der Waals surface area contributed by atoms with E-state index in [0.717, 1.165) is 12.0 Å². The highest BCUT2D eigenvalue weighted by molar-refractivity contribution is 5.89. The number of carbonyl (C=O) groups excluding carboxylic acids is 1. The topological polar surface area (TPSA) is 55.8 Å². The van der Waals surface area contributed by atoms with Crippen molar-refractivity contribution in [1.29, 1.82) is 0 Å². The Bertz CT molecular complexity index is 387. The van der Waals surface area contributed by atoms with Crippen LogP contribution in [0.5, 0.6) is 0 Å². The smallest absolute Gasteiger partial charge is 0.338 e. The van der Waals surface area contributed by atoms with Gasteiger partial charge in [0.25, 0.3) is 0 Å². The first-order valence-corrected chi connectivity index (χ1v) is 6.14. The highest BCUT2D eigenvalue weighted by Gasteiger charge is 2.08. The Labute approximate surface area is 108 Å². The quantitative estimate of drug-likeness (QED) is 0.593. The average Bonchev–Trinajstić information content (AvgIpc) is 2.38. The number of aryl methyl sites for hydroxylation is 2. The third-order valence-corrected chi connectivity index (χ3v) is 2.66. The molecular weight excluding hydrogens is 232 g/mol. The molecule has 1 rings (SSSR count). The van der Waals surface area contributed by atoms with Crippen LogP contribution in [0.3, 0.4) is 0 Å². The van der Waals surface area contributed by atoms with Gasteiger partial charge in [-0.25, -0.2) is 4.79 Å². The SMILES string of the molecule is CCc1ccc(C(=O)OCCOCCO)cc1C. The zero-order valence-electron chi connectivity index (χ0n) is 10.9. The summed E-state index contributed by atoms with van der Waals surface area (Å²) in [6, 6.07) is 5.58. The predicted molar refractivity (Wildman–Crippen MR) is 68.7 cm³/mol. The summed E-state index contributed by atoms with van der Waals surface area (Å²) < 4.78 is 10.1. The molecule has 0 fully saturated rings. The standard InChI is InChI=1S/C14H20O4/c1-3-12-4-5-13(10-11(12)2)14(16)18-9-8-17-7-6-15/h4-5,10,15H,3,6-9H2,1-2H3. The Morgan fingerprint density at radius 3 is 2.67 bits per heavy atom. The Hall–Kier alpha value is -1.39.